The maximum absolute atomic E-state index is 13.5. The van der Waals surface area contributed by atoms with E-state index >= 15 is 0 Å². The molecule has 0 spiro atoms. The van der Waals surface area contributed by atoms with Gasteiger partial charge in [-0.1, -0.05) is 41.9 Å². The fourth-order valence-electron chi connectivity index (χ4n) is 3.20. The Bertz CT molecular complexity index is 1400. The summed E-state index contributed by atoms with van der Waals surface area (Å²) < 4.78 is 37.1. The highest BCUT2D eigenvalue weighted by molar-refractivity contribution is 7.90. The van der Waals surface area contributed by atoms with Gasteiger partial charge in [0.15, 0.2) is 9.84 Å². The van der Waals surface area contributed by atoms with Gasteiger partial charge in [-0.15, -0.1) is 11.3 Å². The van der Waals surface area contributed by atoms with Crippen LogP contribution in [-0.4, -0.2) is 20.5 Å². The molecule has 0 atom stereocenters. The molecule has 0 unspecified atom stereocenters. The minimum absolute atomic E-state index is 0.194. The van der Waals surface area contributed by atoms with E-state index in [0.717, 1.165) is 27.8 Å². The first kappa shape index (κ1) is 22.2. The van der Waals surface area contributed by atoms with E-state index in [9.17, 15) is 12.8 Å². The lowest BCUT2D eigenvalue weighted by Crippen LogP contribution is -2.09. The van der Waals surface area contributed by atoms with Crippen molar-refractivity contribution in [2.45, 2.75) is 4.90 Å². The lowest BCUT2D eigenvalue weighted by atomic mass is 10.0. The highest BCUT2D eigenvalue weighted by Gasteiger charge is 2.17. The Hall–Kier alpha value is -3.00. The molecule has 32 heavy (non-hydrogen) atoms. The third-order valence-corrected chi connectivity index (χ3v) is 7.34. The monoisotopic (exact) mass is 484 g/mol. The number of halogens is 2. The van der Waals surface area contributed by atoms with Crippen LogP contribution in [0.3, 0.4) is 0 Å². The van der Waals surface area contributed by atoms with Crippen molar-refractivity contribution < 1.29 is 12.8 Å². The quantitative estimate of drug-likeness (QED) is 0.244. The standard InChI is InChI=1S/C24H18ClFN2O2S2/c1-32(29,30)20-11-7-15(8-12-20)21-14-22(24(27)28-19-4-2-3-17(25)13-19)31-23(21)16-5-9-18(26)10-6-16/h2-14H,1H3,(H2,27,28). The van der Waals surface area contributed by atoms with Crippen LogP contribution >= 0.6 is 22.9 Å². The molecule has 0 saturated heterocycles. The summed E-state index contributed by atoms with van der Waals surface area (Å²) in [6.07, 6.45) is 1.16. The second-order valence-corrected chi connectivity index (χ2v) is 10.7. The molecule has 162 valence electrons. The van der Waals surface area contributed by atoms with E-state index in [-0.39, 0.29) is 16.5 Å². The Labute approximate surface area is 194 Å². The van der Waals surface area contributed by atoms with E-state index < -0.39 is 9.84 Å². The maximum Gasteiger partial charge on any atom is 0.175 e. The van der Waals surface area contributed by atoms with Crippen LogP contribution in [0.15, 0.2) is 83.8 Å². The summed E-state index contributed by atoms with van der Waals surface area (Å²) in [7, 11) is -3.31. The number of hydrogen-bond acceptors (Lipinski definition) is 4. The number of hydrogen-bond donors (Lipinski definition) is 2. The van der Waals surface area contributed by atoms with E-state index in [2.05, 4.69) is 5.32 Å². The number of amidine groups is 1. The molecule has 1 aromatic heterocycles. The first-order valence-corrected chi connectivity index (χ1v) is 12.6. The van der Waals surface area contributed by atoms with Crippen LogP contribution in [0.1, 0.15) is 4.88 Å². The summed E-state index contributed by atoms with van der Waals surface area (Å²) >= 11 is 7.43. The fraction of sp³-hybridized carbons (Fsp3) is 0.0417. The zero-order valence-corrected chi connectivity index (χ0v) is 19.3. The van der Waals surface area contributed by atoms with E-state index in [1.807, 2.05) is 12.1 Å². The molecule has 3 aromatic carbocycles. The highest BCUT2D eigenvalue weighted by atomic mass is 35.5. The largest absolute Gasteiger partial charge is 0.339 e. The molecule has 8 heteroatoms. The van der Waals surface area contributed by atoms with Gasteiger partial charge in [-0.25, -0.2) is 12.8 Å². The zero-order chi connectivity index (χ0) is 22.9. The van der Waals surface area contributed by atoms with Crippen molar-refractivity contribution in [2.24, 2.45) is 0 Å². The minimum Gasteiger partial charge on any atom is -0.339 e. The van der Waals surface area contributed by atoms with E-state index in [1.165, 1.54) is 23.5 Å². The summed E-state index contributed by atoms with van der Waals surface area (Å²) in [6, 6.07) is 21.7. The molecule has 2 N–H and O–H groups in total. The highest BCUT2D eigenvalue weighted by Crippen LogP contribution is 2.40. The van der Waals surface area contributed by atoms with Crippen LogP contribution in [0, 0.1) is 11.2 Å². The fourth-order valence-corrected chi connectivity index (χ4v) is 5.11. The molecule has 0 fully saturated rings. The molecule has 0 aliphatic carbocycles. The van der Waals surface area contributed by atoms with Crippen molar-refractivity contribution in [3.63, 3.8) is 0 Å². The number of rotatable bonds is 5. The van der Waals surface area contributed by atoms with Crippen molar-refractivity contribution in [3.8, 4) is 21.6 Å². The van der Waals surface area contributed by atoms with Gasteiger partial charge in [0.2, 0.25) is 0 Å². The SMILES string of the molecule is CS(=O)(=O)c1ccc(-c2cc(C(=N)Nc3cccc(Cl)c3)sc2-c2ccc(F)cc2)cc1. The van der Waals surface area contributed by atoms with E-state index in [0.29, 0.717) is 15.6 Å². The summed E-state index contributed by atoms with van der Waals surface area (Å²) in [5.74, 6) is -0.139. The number of benzene rings is 3. The van der Waals surface area contributed by atoms with Gasteiger partial charge in [-0.3, -0.25) is 5.41 Å². The molecule has 4 rings (SSSR count). The Morgan fingerprint density at radius 1 is 0.969 bits per heavy atom. The lowest BCUT2D eigenvalue weighted by molar-refractivity contribution is 0.602. The molecule has 0 amide bonds. The third-order valence-electron chi connectivity index (χ3n) is 4.77. The summed E-state index contributed by atoms with van der Waals surface area (Å²) in [6.45, 7) is 0. The first-order valence-electron chi connectivity index (χ1n) is 9.52. The number of sulfone groups is 1. The average molecular weight is 485 g/mol. The van der Waals surface area contributed by atoms with Crippen molar-refractivity contribution in [1.29, 1.82) is 5.41 Å². The zero-order valence-electron chi connectivity index (χ0n) is 16.9. The smallest absolute Gasteiger partial charge is 0.175 e. The van der Waals surface area contributed by atoms with Crippen molar-refractivity contribution in [3.05, 3.63) is 94.6 Å². The number of thiophene rings is 1. The van der Waals surface area contributed by atoms with Crippen LogP contribution in [0.2, 0.25) is 5.02 Å². The van der Waals surface area contributed by atoms with Gasteiger partial charge in [0.25, 0.3) is 0 Å². The molecule has 0 saturated carbocycles. The third kappa shape index (κ3) is 4.91. The topological polar surface area (TPSA) is 70.0 Å². The van der Waals surface area contributed by atoms with Crippen molar-refractivity contribution >= 4 is 44.3 Å². The summed E-state index contributed by atoms with van der Waals surface area (Å²) in [5, 5.41) is 12.2. The van der Waals surface area contributed by atoms with Crippen LogP contribution in [0.25, 0.3) is 21.6 Å². The maximum atomic E-state index is 13.5. The Kier molecular flexibility index (Phi) is 6.15. The second kappa shape index (κ2) is 8.86. The van der Waals surface area contributed by atoms with Gasteiger partial charge in [0.1, 0.15) is 11.7 Å². The molecular formula is C24H18ClFN2O2S2. The molecule has 0 radical (unpaired) electrons. The second-order valence-electron chi connectivity index (χ2n) is 7.17. The average Bonchev–Trinajstić information content (AvgIpc) is 3.19. The van der Waals surface area contributed by atoms with Gasteiger partial charge in [-0.2, -0.15) is 0 Å². The normalized spacial score (nSPS) is 11.3. The van der Waals surface area contributed by atoms with Gasteiger partial charge in [0, 0.05) is 27.4 Å². The predicted molar refractivity (Wildman–Crippen MR) is 130 cm³/mol. The van der Waals surface area contributed by atoms with Crippen LogP contribution < -0.4 is 5.32 Å². The van der Waals surface area contributed by atoms with E-state index in [4.69, 9.17) is 17.0 Å². The van der Waals surface area contributed by atoms with Gasteiger partial charge < -0.3 is 5.32 Å². The summed E-state index contributed by atoms with van der Waals surface area (Å²) in [4.78, 5) is 1.76. The number of nitrogens with one attached hydrogen (secondary N) is 2. The first-order chi connectivity index (χ1) is 15.2. The van der Waals surface area contributed by atoms with Crippen molar-refractivity contribution in [1.82, 2.24) is 0 Å². The lowest BCUT2D eigenvalue weighted by Gasteiger charge is -2.06. The minimum atomic E-state index is -3.31. The molecule has 0 aliphatic heterocycles. The Balaban J connectivity index is 1.76. The van der Waals surface area contributed by atoms with Gasteiger partial charge in [-0.05, 0) is 59.7 Å². The molecular weight excluding hydrogens is 467 g/mol. The molecule has 0 aliphatic rings. The molecule has 0 bridgehead atoms. The Morgan fingerprint density at radius 3 is 2.25 bits per heavy atom. The predicted octanol–water partition coefficient (Wildman–Crippen LogP) is 6.72. The molecule has 4 nitrogen and oxygen atoms in total. The van der Waals surface area contributed by atoms with Crippen LogP contribution in [0.5, 0.6) is 0 Å². The van der Waals surface area contributed by atoms with Gasteiger partial charge in [0.05, 0.1) is 9.77 Å². The number of anilines is 1. The molecule has 4 aromatic rings. The summed E-state index contributed by atoms with van der Waals surface area (Å²) in [5.41, 5.74) is 3.13. The van der Waals surface area contributed by atoms with Crippen LogP contribution in [-0.2, 0) is 9.84 Å². The van der Waals surface area contributed by atoms with Crippen LogP contribution in [0.4, 0.5) is 10.1 Å². The Morgan fingerprint density at radius 2 is 1.62 bits per heavy atom. The van der Waals surface area contributed by atoms with Gasteiger partial charge >= 0.3 is 0 Å². The van der Waals surface area contributed by atoms with E-state index in [1.54, 1.807) is 54.6 Å². The molecule has 1 heterocycles. The van der Waals surface area contributed by atoms with Crippen molar-refractivity contribution in [2.75, 3.05) is 11.6 Å².